The summed E-state index contributed by atoms with van der Waals surface area (Å²) in [5.74, 6) is 0.327. The second-order valence-electron chi connectivity index (χ2n) is 2.52. The first-order chi connectivity index (χ1) is 6.84. The van der Waals surface area contributed by atoms with Crippen molar-refractivity contribution in [1.82, 2.24) is 20.6 Å². The Labute approximate surface area is 88.4 Å². The summed E-state index contributed by atoms with van der Waals surface area (Å²) in [7, 11) is 0. The molecule has 0 radical (unpaired) electrons. The molecule has 0 saturated carbocycles. The van der Waals surface area contributed by atoms with Crippen LogP contribution in [-0.2, 0) is 0 Å². The molecule has 2 aromatic rings. The van der Waals surface area contributed by atoms with Crippen LogP contribution >= 0.6 is 15.9 Å². The molecule has 0 aliphatic carbocycles. The van der Waals surface area contributed by atoms with E-state index >= 15 is 0 Å². The van der Waals surface area contributed by atoms with Crippen molar-refractivity contribution in [2.24, 2.45) is 4.99 Å². The first kappa shape index (κ1) is 9.01. The Morgan fingerprint density at radius 3 is 2.71 bits per heavy atom. The molecule has 0 bridgehead atoms. The highest BCUT2D eigenvalue weighted by Gasteiger charge is 1.92. The van der Waals surface area contributed by atoms with Crippen molar-refractivity contribution in [2.75, 3.05) is 0 Å². The maximum Gasteiger partial charge on any atom is 0.288 e. The summed E-state index contributed by atoms with van der Waals surface area (Å²) in [6.07, 6.45) is 1.68. The first-order valence-electron chi connectivity index (χ1n) is 3.88. The standard InChI is InChI=1S/C8H6BrN5/c9-7-3-1-6(2-4-7)5-10-8-11-13-14-12-8/h1-5H,(H,11,12,13,14)/b10-5+. The van der Waals surface area contributed by atoms with Crippen molar-refractivity contribution in [3.05, 3.63) is 34.3 Å². The number of nitrogens with zero attached hydrogens (tertiary/aromatic N) is 4. The number of benzene rings is 1. The largest absolute Gasteiger partial charge is 0.288 e. The lowest BCUT2D eigenvalue weighted by atomic mass is 10.2. The molecule has 70 valence electrons. The number of hydrogen-bond donors (Lipinski definition) is 1. The van der Waals surface area contributed by atoms with Gasteiger partial charge in [-0.15, -0.1) is 5.10 Å². The molecule has 0 saturated heterocycles. The number of H-pyrrole nitrogens is 1. The lowest BCUT2D eigenvalue weighted by Crippen LogP contribution is -1.79. The predicted octanol–water partition coefficient (Wildman–Crippen LogP) is 1.71. The van der Waals surface area contributed by atoms with Gasteiger partial charge in [-0.2, -0.15) is 5.21 Å². The monoisotopic (exact) mass is 251 g/mol. The SMILES string of the molecule is Brc1ccc(/C=N/c2nn[nH]n2)cc1. The number of aliphatic imine (C=N–C) groups is 1. The Morgan fingerprint density at radius 2 is 2.07 bits per heavy atom. The highest BCUT2D eigenvalue weighted by molar-refractivity contribution is 9.10. The Kier molecular flexibility index (Phi) is 2.64. The lowest BCUT2D eigenvalue weighted by Gasteiger charge is -1.91. The highest BCUT2D eigenvalue weighted by atomic mass is 79.9. The van der Waals surface area contributed by atoms with E-state index in [-0.39, 0.29) is 0 Å². The van der Waals surface area contributed by atoms with Gasteiger partial charge < -0.3 is 0 Å². The van der Waals surface area contributed by atoms with Crippen LogP contribution in [-0.4, -0.2) is 26.8 Å². The van der Waals surface area contributed by atoms with Crippen LogP contribution in [0.15, 0.2) is 33.7 Å². The average Bonchev–Trinajstić information content (AvgIpc) is 2.70. The van der Waals surface area contributed by atoms with Crippen LogP contribution in [0.25, 0.3) is 0 Å². The molecule has 0 aliphatic rings. The molecule has 14 heavy (non-hydrogen) atoms. The van der Waals surface area contributed by atoms with Gasteiger partial charge in [0.2, 0.25) is 0 Å². The molecule has 0 fully saturated rings. The Bertz CT molecular complexity index is 420. The maximum absolute atomic E-state index is 4.01. The van der Waals surface area contributed by atoms with E-state index in [0.29, 0.717) is 5.95 Å². The van der Waals surface area contributed by atoms with Crippen molar-refractivity contribution in [1.29, 1.82) is 0 Å². The number of nitrogens with one attached hydrogen (secondary N) is 1. The molecule has 6 heteroatoms. The minimum atomic E-state index is 0.327. The molecule has 1 aromatic carbocycles. The van der Waals surface area contributed by atoms with Gasteiger partial charge in [-0.05, 0) is 22.9 Å². The van der Waals surface area contributed by atoms with Crippen molar-refractivity contribution >= 4 is 28.1 Å². The predicted molar refractivity (Wildman–Crippen MR) is 55.6 cm³/mol. The average molecular weight is 252 g/mol. The molecule has 5 nitrogen and oxygen atoms in total. The van der Waals surface area contributed by atoms with Crippen molar-refractivity contribution < 1.29 is 0 Å². The summed E-state index contributed by atoms with van der Waals surface area (Å²) in [4.78, 5) is 4.01. The highest BCUT2D eigenvalue weighted by Crippen LogP contribution is 2.09. The van der Waals surface area contributed by atoms with Crippen molar-refractivity contribution in [2.45, 2.75) is 0 Å². The number of aromatic amines is 1. The van der Waals surface area contributed by atoms with Gasteiger partial charge in [0.1, 0.15) is 0 Å². The van der Waals surface area contributed by atoms with Crippen LogP contribution in [0, 0.1) is 0 Å². The molecule has 0 amide bonds. The van der Waals surface area contributed by atoms with E-state index in [1.807, 2.05) is 24.3 Å². The number of halogens is 1. The topological polar surface area (TPSA) is 66.8 Å². The van der Waals surface area contributed by atoms with Gasteiger partial charge in [0.05, 0.1) is 0 Å². The second kappa shape index (κ2) is 4.10. The van der Waals surface area contributed by atoms with Crippen LogP contribution in [0.3, 0.4) is 0 Å². The van der Waals surface area contributed by atoms with Gasteiger partial charge in [-0.1, -0.05) is 33.2 Å². The molecule has 1 N–H and O–H groups in total. The smallest absolute Gasteiger partial charge is 0.216 e. The summed E-state index contributed by atoms with van der Waals surface area (Å²) in [6, 6.07) is 7.76. The minimum Gasteiger partial charge on any atom is -0.216 e. The minimum absolute atomic E-state index is 0.327. The van der Waals surface area contributed by atoms with E-state index in [1.165, 1.54) is 0 Å². The summed E-state index contributed by atoms with van der Waals surface area (Å²) < 4.78 is 1.04. The fourth-order valence-corrected chi connectivity index (χ4v) is 1.16. The summed E-state index contributed by atoms with van der Waals surface area (Å²) >= 11 is 3.35. The number of aromatic nitrogens is 4. The number of hydrogen-bond acceptors (Lipinski definition) is 4. The van der Waals surface area contributed by atoms with Crippen LogP contribution in [0.4, 0.5) is 5.95 Å². The van der Waals surface area contributed by atoms with Gasteiger partial charge in [-0.3, -0.25) is 0 Å². The third-order valence-corrected chi connectivity index (χ3v) is 2.06. The molecule has 2 rings (SSSR count). The normalized spacial score (nSPS) is 10.9. The quantitative estimate of drug-likeness (QED) is 0.827. The van der Waals surface area contributed by atoms with E-state index in [9.17, 15) is 0 Å². The Morgan fingerprint density at radius 1 is 1.29 bits per heavy atom. The molecule has 1 heterocycles. The Balaban J connectivity index is 2.15. The Hall–Kier alpha value is -1.56. The third-order valence-electron chi connectivity index (χ3n) is 1.53. The molecule has 0 atom stereocenters. The lowest BCUT2D eigenvalue weighted by molar-refractivity contribution is 0.881. The van der Waals surface area contributed by atoms with Gasteiger partial charge in [0, 0.05) is 10.7 Å². The zero-order valence-corrected chi connectivity index (χ0v) is 8.64. The van der Waals surface area contributed by atoms with E-state index in [4.69, 9.17) is 0 Å². The molecule has 1 aromatic heterocycles. The van der Waals surface area contributed by atoms with Crippen molar-refractivity contribution in [3.8, 4) is 0 Å². The summed E-state index contributed by atoms with van der Waals surface area (Å²) in [6.45, 7) is 0. The van der Waals surface area contributed by atoms with Gasteiger partial charge >= 0.3 is 0 Å². The fourth-order valence-electron chi connectivity index (χ4n) is 0.892. The third kappa shape index (κ3) is 2.23. The molecule has 0 unspecified atom stereocenters. The summed E-state index contributed by atoms with van der Waals surface area (Å²) in [5, 5.41) is 13.1. The molecular formula is C8H6BrN5. The van der Waals surface area contributed by atoms with E-state index in [2.05, 4.69) is 41.5 Å². The van der Waals surface area contributed by atoms with Gasteiger partial charge in [0.15, 0.2) is 0 Å². The maximum atomic E-state index is 4.01. The van der Waals surface area contributed by atoms with E-state index in [1.54, 1.807) is 6.21 Å². The molecule has 0 spiro atoms. The summed E-state index contributed by atoms with van der Waals surface area (Å²) in [5.41, 5.74) is 0.984. The first-order valence-corrected chi connectivity index (χ1v) is 4.67. The zero-order chi connectivity index (χ0) is 9.80. The van der Waals surface area contributed by atoms with Gasteiger partial charge in [0.25, 0.3) is 5.95 Å². The number of tetrazole rings is 1. The van der Waals surface area contributed by atoms with Crippen LogP contribution in [0.2, 0.25) is 0 Å². The second-order valence-corrected chi connectivity index (χ2v) is 3.44. The van der Waals surface area contributed by atoms with Crippen LogP contribution < -0.4 is 0 Å². The van der Waals surface area contributed by atoms with Gasteiger partial charge in [-0.25, -0.2) is 4.99 Å². The van der Waals surface area contributed by atoms with Crippen LogP contribution in [0.5, 0.6) is 0 Å². The number of rotatable bonds is 2. The fraction of sp³-hybridized carbons (Fsp3) is 0. The molecule has 0 aliphatic heterocycles. The molecular weight excluding hydrogens is 246 g/mol. The zero-order valence-electron chi connectivity index (χ0n) is 7.05. The van der Waals surface area contributed by atoms with E-state index in [0.717, 1.165) is 10.0 Å². The van der Waals surface area contributed by atoms with Crippen LogP contribution in [0.1, 0.15) is 5.56 Å². The van der Waals surface area contributed by atoms with Crippen molar-refractivity contribution in [3.63, 3.8) is 0 Å². The van der Waals surface area contributed by atoms with E-state index < -0.39 is 0 Å².